The maximum absolute atomic E-state index is 13.3. The van der Waals surface area contributed by atoms with Crippen LogP contribution in [-0.4, -0.2) is 59.2 Å². The standard InChI is InChI=1S/C25H30F3N5O4S/c1-4-18(5-2)32(3)38(36,37)19-11-12-22(29-14-19)33-24(35)21(15-31-33)20(17-9-7-6-8-10-17)13-23(34)30-16-25(26,27)28/h6-12,14-15,18,20,31H,4-5,13,16H2,1-3H3,(H,30,34). The number of hydrogen-bond acceptors (Lipinski definition) is 5. The summed E-state index contributed by atoms with van der Waals surface area (Å²) in [4.78, 5) is 29.7. The van der Waals surface area contributed by atoms with E-state index in [1.807, 2.05) is 19.2 Å². The molecule has 0 radical (unpaired) electrons. The molecule has 9 nitrogen and oxygen atoms in total. The average Bonchev–Trinajstić information content (AvgIpc) is 3.27. The molecule has 0 aliphatic carbocycles. The zero-order valence-corrected chi connectivity index (χ0v) is 22.0. The third-order valence-corrected chi connectivity index (χ3v) is 8.23. The van der Waals surface area contributed by atoms with E-state index in [0.717, 1.165) is 10.9 Å². The summed E-state index contributed by atoms with van der Waals surface area (Å²) in [7, 11) is -2.29. The van der Waals surface area contributed by atoms with E-state index in [2.05, 4.69) is 10.1 Å². The Labute approximate surface area is 218 Å². The average molecular weight is 554 g/mol. The molecule has 2 N–H and O–H groups in total. The van der Waals surface area contributed by atoms with Crippen LogP contribution in [0.15, 0.2) is 64.5 Å². The van der Waals surface area contributed by atoms with E-state index in [9.17, 15) is 31.2 Å². The molecule has 0 saturated carbocycles. The van der Waals surface area contributed by atoms with Gasteiger partial charge in [0.1, 0.15) is 11.4 Å². The van der Waals surface area contributed by atoms with Crippen LogP contribution in [0.25, 0.3) is 5.82 Å². The van der Waals surface area contributed by atoms with Gasteiger partial charge in [-0.25, -0.2) is 18.1 Å². The van der Waals surface area contributed by atoms with Gasteiger partial charge in [-0.05, 0) is 30.5 Å². The SMILES string of the molecule is CCC(CC)N(C)S(=O)(=O)c1ccc(-n2[nH]cc(C(CC(=O)NCC(F)(F)F)c3ccccc3)c2=O)nc1. The third kappa shape index (κ3) is 6.70. The lowest BCUT2D eigenvalue weighted by molar-refractivity contribution is -0.138. The second-order valence-electron chi connectivity index (χ2n) is 8.77. The molecule has 3 aromatic rings. The largest absolute Gasteiger partial charge is 0.405 e. The molecule has 1 aromatic carbocycles. The lowest BCUT2D eigenvalue weighted by Gasteiger charge is -2.25. The number of sulfonamides is 1. The maximum atomic E-state index is 13.3. The first-order chi connectivity index (χ1) is 17.9. The zero-order chi connectivity index (χ0) is 28.1. The minimum atomic E-state index is -4.56. The molecule has 0 spiro atoms. The second-order valence-corrected chi connectivity index (χ2v) is 10.8. The number of hydrogen-bond donors (Lipinski definition) is 2. The first-order valence-corrected chi connectivity index (χ1v) is 13.5. The van der Waals surface area contributed by atoms with E-state index in [1.54, 1.807) is 30.3 Å². The highest BCUT2D eigenvalue weighted by atomic mass is 32.2. The van der Waals surface area contributed by atoms with Gasteiger partial charge in [-0.1, -0.05) is 44.2 Å². The molecule has 2 aromatic heterocycles. The fraction of sp³-hybridized carbons (Fsp3) is 0.400. The van der Waals surface area contributed by atoms with Crippen LogP contribution in [0, 0.1) is 0 Å². The molecule has 1 amide bonds. The molecule has 1 atom stereocenters. The van der Waals surface area contributed by atoms with Crippen molar-refractivity contribution in [3.05, 3.63) is 76.3 Å². The number of nitrogens with zero attached hydrogens (tertiary/aromatic N) is 3. The Balaban J connectivity index is 1.91. The van der Waals surface area contributed by atoms with Crippen LogP contribution in [0.2, 0.25) is 0 Å². The van der Waals surface area contributed by atoms with Crippen LogP contribution < -0.4 is 10.9 Å². The van der Waals surface area contributed by atoms with E-state index in [-0.39, 0.29) is 28.7 Å². The van der Waals surface area contributed by atoms with Crippen molar-refractivity contribution in [3.8, 4) is 5.82 Å². The summed E-state index contributed by atoms with van der Waals surface area (Å²) in [5.41, 5.74) is 0.141. The minimum absolute atomic E-state index is 0.0287. The number of carbonyl (C=O) groups excluding carboxylic acids is 1. The smallest absolute Gasteiger partial charge is 0.347 e. The van der Waals surface area contributed by atoms with E-state index in [1.165, 1.54) is 29.7 Å². The summed E-state index contributed by atoms with van der Waals surface area (Å²) in [5.74, 6) is -1.58. The Morgan fingerprint density at radius 1 is 1.13 bits per heavy atom. The predicted octanol–water partition coefficient (Wildman–Crippen LogP) is 3.57. The maximum Gasteiger partial charge on any atom is 0.405 e. The summed E-state index contributed by atoms with van der Waals surface area (Å²) < 4.78 is 66.0. The molecule has 2 heterocycles. The Kier molecular flexibility index (Phi) is 9.15. The van der Waals surface area contributed by atoms with Gasteiger partial charge >= 0.3 is 6.18 Å². The van der Waals surface area contributed by atoms with Gasteiger partial charge in [-0.15, -0.1) is 0 Å². The van der Waals surface area contributed by atoms with E-state index < -0.39 is 40.1 Å². The fourth-order valence-electron chi connectivity index (χ4n) is 4.18. The Morgan fingerprint density at radius 3 is 2.34 bits per heavy atom. The lowest BCUT2D eigenvalue weighted by Crippen LogP contribution is -2.36. The quantitative estimate of drug-likeness (QED) is 0.377. The minimum Gasteiger partial charge on any atom is -0.347 e. The number of halogens is 3. The van der Waals surface area contributed by atoms with Gasteiger partial charge < -0.3 is 5.32 Å². The van der Waals surface area contributed by atoms with Crippen molar-refractivity contribution in [1.82, 2.24) is 24.4 Å². The number of rotatable bonds is 11. The van der Waals surface area contributed by atoms with Crippen LogP contribution >= 0.6 is 0 Å². The number of aromatic amines is 1. The summed E-state index contributed by atoms with van der Waals surface area (Å²) in [6.45, 7) is 2.33. The van der Waals surface area contributed by atoms with E-state index >= 15 is 0 Å². The summed E-state index contributed by atoms with van der Waals surface area (Å²) >= 11 is 0. The molecule has 0 fully saturated rings. The molecule has 0 saturated heterocycles. The van der Waals surface area contributed by atoms with Crippen LogP contribution in [-0.2, 0) is 14.8 Å². The van der Waals surface area contributed by atoms with Crippen molar-refractivity contribution in [2.45, 2.75) is 56.1 Å². The molecular weight excluding hydrogens is 523 g/mol. The lowest BCUT2D eigenvalue weighted by atomic mass is 9.90. The Hall–Kier alpha value is -3.45. The van der Waals surface area contributed by atoms with Crippen molar-refractivity contribution in [2.24, 2.45) is 0 Å². The monoisotopic (exact) mass is 553 g/mol. The highest BCUT2D eigenvalue weighted by molar-refractivity contribution is 7.89. The van der Waals surface area contributed by atoms with Gasteiger partial charge in [0.2, 0.25) is 15.9 Å². The molecule has 206 valence electrons. The number of pyridine rings is 1. The van der Waals surface area contributed by atoms with Crippen molar-refractivity contribution < 1.29 is 26.4 Å². The van der Waals surface area contributed by atoms with Crippen LogP contribution in [0.4, 0.5) is 13.2 Å². The number of benzene rings is 1. The van der Waals surface area contributed by atoms with E-state index in [4.69, 9.17) is 0 Å². The van der Waals surface area contributed by atoms with Gasteiger partial charge in [-0.3, -0.25) is 14.7 Å². The number of aromatic nitrogens is 3. The number of nitrogens with one attached hydrogen (secondary N) is 2. The van der Waals surface area contributed by atoms with Crippen LogP contribution in [0.5, 0.6) is 0 Å². The molecule has 0 bridgehead atoms. The number of carbonyl (C=O) groups is 1. The predicted molar refractivity (Wildman–Crippen MR) is 135 cm³/mol. The first kappa shape index (κ1) is 29.1. The highest BCUT2D eigenvalue weighted by Crippen LogP contribution is 2.26. The van der Waals surface area contributed by atoms with Crippen molar-refractivity contribution in [2.75, 3.05) is 13.6 Å². The van der Waals surface area contributed by atoms with Gasteiger partial charge in [0.05, 0.1) is 0 Å². The molecule has 0 aliphatic rings. The van der Waals surface area contributed by atoms with Crippen molar-refractivity contribution >= 4 is 15.9 Å². The molecule has 38 heavy (non-hydrogen) atoms. The third-order valence-electron chi connectivity index (χ3n) is 6.34. The number of H-pyrrole nitrogens is 1. The van der Waals surface area contributed by atoms with Crippen LogP contribution in [0.1, 0.15) is 50.2 Å². The van der Waals surface area contributed by atoms with Gasteiger partial charge in [-0.2, -0.15) is 17.5 Å². The molecule has 1 unspecified atom stereocenters. The summed E-state index contributed by atoms with van der Waals surface area (Å²) in [6.07, 6.45) is -1.13. The van der Waals surface area contributed by atoms with Crippen molar-refractivity contribution in [3.63, 3.8) is 0 Å². The van der Waals surface area contributed by atoms with Gasteiger partial charge in [0, 0.05) is 43.4 Å². The van der Waals surface area contributed by atoms with Crippen LogP contribution in [0.3, 0.4) is 0 Å². The molecular formula is C25H30F3N5O4S. The molecule has 0 aliphatic heterocycles. The first-order valence-electron chi connectivity index (χ1n) is 12.0. The number of alkyl halides is 3. The fourth-order valence-corrected chi connectivity index (χ4v) is 5.62. The van der Waals surface area contributed by atoms with Gasteiger partial charge in [0.15, 0.2) is 5.82 Å². The Morgan fingerprint density at radius 2 is 1.79 bits per heavy atom. The topological polar surface area (TPSA) is 117 Å². The second kappa shape index (κ2) is 11.9. The molecule has 3 rings (SSSR count). The van der Waals surface area contributed by atoms with Gasteiger partial charge in [0.25, 0.3) is 5.56 Å². The summed E-state index contributed by atoms with van der Waals surface area (Å²) in [5, 5.41) is 4.60. The summed E-state index contributed by atoms with van der Waals surface area (Å²) in [6, 6.07) is 11.0. The Bertz CT molecular complexity index is 1380. The number of amides is 1. The normalized spacial score (nSPS) is 13.2. The zero-order valence-electron chi connectivity index (χ0n) is 21.2. The molecule has 13 heteroatoms. The highest BCUT2D eigenvalue weighted by Gasteiger charge is 2.30. The van der Waals surface area contributed by atoms with E-state index in [0.29, 0.717) is 18.4 Å². The van der Waals surface area contributed by atoms with Crippen molar-refractivity contribution in [1.29, 1.82) is 0 Å².